The van der Waals surface area contributed by atoms with Gasteiger partial charge in [-0.25, -0.2) is 4.39 Å². The molecule has 1 aromatic carbocycles. The van der Waals surface area contributed by atoms with Crippen LogP contribution in [-0.4, -0.2) is 19.6 Å². The third kappa shape index (κ3) is 3.10. The molecule has 1 aliphatic rings. The molecule has 1 atom stereocenters. The number of benzene rings is 1. The summed E-state index contributed by atoms with van der Waals surface area (Å²) in [5.74, 6) is -0.195. The lowest BCUT2D eigenvalue weighted by atomic mass is 9.76. The Kier molecular flexibility index (Phi) is 4.28. The minimum Gasteiger partial charge on any atom is -0.469 e. The van der Waals surface area contributed by atoms with Crippen LogP contribution >= 0.6 is 0 Å². The highest BCUT2D eigenvalue weighted by molar-refractivity contribution is 5.78. The van der Waals surface area contributed by atoms with E-state index in [1.165, 1.54) is 25.3 Å². The molecule has 4 nitrogen and oxygen atoms in total. The SMILES string of the molecule is COC(=O)C(CN)(Cc1cc(F)ccc1N)CC1CC1. The quantitative estimate of drug-likeness (QED) is 0.616. The second-order valence-electron chi connectivity index (χ2n) is 5.64. The first-order valence-electron chi connectivity index (χ1n) is 6.83. The fraction of sp³-hybridized carbons (Fsp3) is 0.533. The number of halogens is 1. The highest BCUT2D eigenvalue weighted by Gasteiger charge is 2.43. The first-order chi connectivity index (χ1) is 9.50. The maximum absolute atomic E-state index is 13.4. The van der Waals surface area contributed by atoms with Crippen molar-refractivity contribution in [3.8, 4) is 0 Å². The highest BCUT2D eigenvalue weighted by Crippen LogP contribution is 2.43. The van der Waals surface area contributed by atoms with Crippen molar-refractivity contribution >= 4 is 11.7 Å². The van der Waals surface area contributed by atoms with E-state index in [2.05, 4.69) is 0 Å². The van der Waals surface area contributed by atoms with Gasteiger partial charge < -0.3 is 16.2 Å². The largest absolute Gasteiger partial charge is 0.469 e. The van der Waals surface area contributed by atoms with Crippen LogP contribution in [0.15, 0.2) is 18.2 Å². The molecule has 4 N–H and O–H groups in total. The molecule has 1 aliphatic carbocycles. The average Bonchev–Trinajstić information content (AvgIpc) is 3.25. The molecule has 20 heavy (non-hydrogen) atoms. The van der Waals surface area contributed by atoms with E-state index in [9.17, 15) is 9.18 Å². The summed E-state index contributed by atoms with van der Waals surface area (Å²) in [6.45, 7) is 0.173. The van der Waals surface area contributed by atoms with Crippen LogP contribution in [0.4, 0.5) is 10.1 Å². The molecule has 0 amide bonds. The van der Waals surface area contributed by atoms with E-state index in [0.717, 1.165) is 12.8 Å². The van der Waals surface area contributed by atoms with E-state index in [1.807, 2.05) is 0 Å². The van der Waals surface area contributed by atoms with Gasteiger partial charge in [-0.3, -0.25) is 4.79 Å². The number of esters is 1. The van der Waals surface area contributed by atoms with E-state index in [0.29, 0.717) is 30.0 Å². The van der Waals surface area contributed by atoms with E-state index < -0.39 is 5.41 Å². The predicted molar refractivity (Wildman–Crippen MR) is 75.4 cm³/mol. The van der Waals surface area contributed by atoms with Gasteiger partial charge in [0.1, 0.15) is 5.82 Å². The fourth-order valence-electron chi connectivity index (χ4n) is 2.65. The van der Waals surface area contributed by atoms with Crippen LogP contribution in [0.2, 0.25) is 0 Å². The summed E-state index contributed by atoms with van der Waals surface area (Å²) in [7, 11) is 1.36. The van der Waals surface area contributed by atoms with Gasteiger partial charge in [-0.2, -0.15) is 0 Å². The van der Waals surface area contributed by atoms with E-state index in [4.69, 9.17) is 16.2 Å². The Bertz CT molecular complexity index is 503. The van der Waals surface area contributed by atoms with Crippen molar-refractivity contribution in [3.05, 3.63) is 29.6 Å². The van der Waals surface area contributed by atoms with Crippen molar-refractivity contribution in [1.29, 1.82) is 0 Å². The Morgan fingerprint density at radius 1 is 1.50 bits per heavy atom. The van der Waals surface area contributed by atoms with Crippen LogP contribution in [0.25, 0.3) is 0 Å². The number of carbonyl (C=O) groups is 1. The van der Waals surface area contributed by atoms with Crippen LogP contribution in [0.5, 0.6) is 0 Å². The number of methoxy groups -OCH3 is 1. The molecular formula is C15H21FN2O2. The lowest BCUT2D eigenvalue weighted by Crippen LogP contribution is -2.42. The molecule has 0 spiro atoms. The van der Waals surface area contributed by atoms with Gasteiger partial charge in [0.25, 0.3) is 0 Å². The zero-order valence-electron chi connectivity index (χ0n) is 11.7. The number of rotatable bonds is 6. The smallest absolute Gasteiger partial charge is 0.313 e. The third-order valence-electron chi connectivity index (χ3n) is 4.02. The zero-order chi connectivity index (χ0) is 14.8. The molecule has 0 aromatic heterocycles. The average molecular weight is 280 g/mol. The van der Waals surface area contributed by atoms with Crippen molar-refractivity contribution in [2.75, 3.05) is 19.4 Å². The highest BCUT2D eigenvalue weighted by atomic mass is 19.1. The molecule has 0 aliphatic heterocycles. The van der Waals surface area contributed by atoms with Crippen LogP contribution in [-0.2, 0) is 16.0 Å². The van der Waals surface area contributed by atoms with Crippen LogP contribution < -0.4 is 11.5 Å². The molecule has 1 saturated carbocycles. The maximum atomic E-state index is 13.4. The van der Waals surface area contributed by atoms with Gasteiger partial charge >= 0.3 is 5.97 Å². The van der Waals surface area contributed by atoms with Crippen LogP contribution in [0.1, 0.15) is 24.8 Å². The number of hydrogen-bond donors (Lipinski definition) is 2. The molecule has 0 bridgehead atoms. The van der Waals surface area contributed by atoms with Crippen LogP contribution in [0.3, 0.4) is 0 Å². The fourth-order valence-corrected chi connectivity index (χ4v) is 2.65. The molecule has 5 heteroatoms. The molecule has 1 unspecified atom stereocenters. The van der Waals surface area contributed by atoms with Crippen molar-refractivity contribution < 1.29 is 13.9 Å². The minimum atomic E-state index is -0.808. The molecule has 0 saturated heterocycles. The Morgan fingerprint density at radius 2 is 2.20 bits per heavy atom. The Labute approximate surface area is 118 Å². The number of hydrogen-bond acceptors (Lipinski definition) is 4. The first-order valence-corrected chi connectivity index (χ1v) is 6.83. The Hall–Kier alpha value is -1.62. The lowest BCUT2D eigenvalue weighted by molar-refractivity contribution is -0.153. The van der Waals surface area contributed by atoms with Crippen molar-refractivity contribution in [3.63, 3.8) is 0 Å². The second-order valence-corrected chi connectivity index (χ2v) is 5.64. The molecule has 0 heterocycles. The summed E-state index contributed by atoms with van der Waals surface area (Å²) in [4.78, 5) is 12.2. The van der Waals surface area contributed by atoms with E-state index in [1.54, 1.807) is 0 Å². The molecular weight excluding hydrogens is 259 g/mol. The monoisotopic (exact) mass is 280 g/mol. The Morgan fingerprint density at radius 3 is 2.75 bits per heavy atom. The zero-order valence-corrected chi connectivity index (χ0v) is 11.7. The van der Waals surface area contributed by atoms with E-state index in [-0.39, 0.29) is 18.3 Å². The number of nitrogens with two attached hydrogens (primary N) is 2. The first kappa shape index (κ1) is 14.8. The standard InChI is InChI=1S/C15H21FN2O2/c1-20-14(19)15(9-17,7-10-2-3-10)8-11-6-12(16)4-5-13(11)18/h4-6,10H,2-3,7-9,17-18H2,1H3. The van der Waals surface area contributed by atoms with Crippen molar-refractivity contribution in [2.24, 2.45) is 17.1 Å². The molecule has 1 fully saturated rings. The number of ether oxygens (including phenoxy) is 1. The summed E-state index contributed by atoms with van der Waals surface area (Å²) in [5, 5.41) is 0. The minimum absolute atomic E-state index is 0.173. The summed E-state index contributed by atoms with van der Waals surface area (Å²) in [5.41, 5.74) is 12.0. The van der Waals surface area contributed by atoms with Gasteiger partial charge in [0.05, 0.1) is 12.5 Å². The molecule has 0 radical (unpaired) electrons. The van der Waals surface area contributed by atoms with Gasteiger partial charge in [0.15, 0.2) is 0 Å². The number of carbonyl (C=O) groups excluding carboxylic acids is 1. The van der Waals surface area contributed by atoms with Gasteiger partial charge in [0.2, 0.25) is 0 Å². The third-order valence-corrected chi connectivity index (χ3v) is 4.02. The van der Waals surface area contributed by atoms with Gasteiger partial charge in [-0.15, -0.1) is 0 Å². The molecule has 110 valence electrons. The topological polar surface area (TPSA) is 78.3 Å². The van der Waals surface area contributed by atoms with E-state index >= 15 is 0 Å². The predicted octanol–water partition coefficient (Wildman–Crippen LogP) is 1.87. The Balaban J connectivity index is 2.30. The number of anilines is 1. The second kappa shape index (κ2) is 5.79. The summed E-state index contributed by atoms with van der Waals surface area (Å²) in [6.07, 6.45) is 3.21. The number of nitrogen functional groups attached to an aromatic ring is 1. The lowest BCUT2D eigenvalue weighted by Gasteiger charge is -2.30. The van der Waals surface area contributed by atoms with Crippen LogP contribution in [0, 0.1) is 17.2 Å². The maximum Gasteiger partial charge on any atom is 0.313 e. The van der Waals surface area contributed by atoms with Gasteiger partial charge in [0, 0.05) is 12.2 Å². The summed E-state index contributed by atoms with van der Waals surface area (Å²) < 4.78 is 18.3. The molecule has 1 aromatic rings. The summed E-state index contributed by atoms with van der Waals surface area (Å²) >= 11 is 0. The van der Waals surface area contributed by atoms with Crippen molar-refractivity contribution in [1.82, 2.24) is 0 Å². The molecule has 2 rings (SSSR count). The summed E-state index contributed by atoms with van der Waals surface area (Å²) in [6, 6.07) is 4.19. The normalized spacial score (nSPS) is 17.6. The van der Waals surface area contributed by atoms with Gasteiger partial charge in [-0.1, -0.05) is 12.8 Å². The van der Waals surface area contributed by atoms with Gasteiger partial charge in [-0.05, 0) is 42.5 Å². The van der Waals surface area contributed by atoms with Crippen molar-refractivity contribution in [2.45, 2.75) is 25.7 Å².